The number of rotatable bonds is 7. The Morgan fingerprint density at radius 2 is 1.94 bits per heavy atom. The summed E-state index contributed by atoms with van der Waals surface area (Å²) < 4.78 is 14.5. The van der Waals surface area contributed by atoms with E-state index >= 15 is 0 Å². The molecule has 4 aromatic rings. The van der Waals surface area contributed by atoms with Crippen LogP contribution in [0.2, 0.25) is 0 Å². The molecule has 1 saturated heterocycles. The number of nitriles is 1. The third-order valence-corrected chi connectivity index (χ3v) is 6.28. The minimum Gasteiger partial charge on any atom is -0.408 e. The number of fused-ring (bicyclic) bond motifs is 1. The van der Waals surface area contributed by atoms with Crippen LogP contribution in [0.1, 0.15) is 12.0 Å². The summed E-state index contributed by atoms with van der Waals surface area (Å²) >= 11 is 0. The molecule has 2 aromatic heterocycles. The van der Waals surface area contributed by atoms with Crippen molar-refractivity contribution in [1.82, 2.24) is 19.8 Å². The molecule has 0 bridgehead atoms. The van der Waals surface area contributed by atoms with Crippen LogP contribution in [0.4, 0.5) is 0 Å². The van der Waals surface area contributed by atoms with Crippen molar-refractivity contribution < 1.29 is 13.9 Å². The van der Waals surface area contributed by atoms with Gasteiger partial charge in [0.15, 0.2) is 5.58 Å². The molecule has 36 heavy (non-hydrogen) atoms. The summed E-state index contributed by atoms with van der Waals surface area (Å²) in [5.41, 5.74) is 4.10. The van der Waals surface area contributed by atoms with E-state index in [0.717, 1.165) is 35.2 Å². The number of hydrogen-bond acceptors (Lipinski definition) is 6. The number of hydrogen-bond donors (Lipinski definition) is 2. The molecule has 9 heteroatoms. The number of benzene rings is 2. The summed E-state index contributed by atoms with van der Waals surface area (Å²) in [6.07, 6.45) is 4.45. The molecule has 0 spiro atoms. The Morgan fingerprint density at radius 3 is 2.72 bits per heavy atom. The fourth-order valence-electron chi connectivity index (χ4n) is 4.35. The summed E-state index contributed by atoms with van der Waals surface area (Å²) in [4.78, 5) is 24.9. The molecular formula is C27H27N5O4. The van der Waals surface area contributed by atoms with Gasteiger partial charge in [-0.25, -0.2) is 4.79 Å². The first-order valence-corrected chi connectivity index (χ1v) is 12.0. The number of carbonyl (C=O) groups is 1. The monoisotopic (exact) mass is 485 g/mol. The van der Waals surface area contributed by atoms with Crippen LogP contribution in [0.5, 0.6) is 0 Å². The van der Waals surface area contributed by atoms with E-state index in [4.69, 9.17) is 9.15 Å². The second kappa shape index (κ2) is 10.6. The van der Waals surface area contributed by atoms with Crippen molar-refractivity contribution >= 4 is 17.0 Å². The Balaban J connectivity index is 1.29. The molecule has 3 heterocycles. The highest BCUT2D eigenvalue weighted by Crippen LogP contribution is 2.25. The highest BCUT2D eigenvalue weighted by atomic mass is 16.5. The van der Waals surface area contributed by atoms with E-state index in [0.29, 0.717) is 31.8 Å². The van der Waals surface area contributed by atoms with Gasteiger partial charge in [-0.1, -0.05) is 30.3 Å². The van der Waals surface area contributed by atoms with Gasteiger partial charge in [-0.2, -0.15) is 5.26 Å². The zero-order chi connectivity index (χ0) is 24.9. The highest BCUT2D eigenvalue weighted by Gasteiger charge is 2.23. The molecule has 0 unspecified atom stereocenters. The van der Waals surface area contributed by atoms with Crippen molar-refractivity contribution in [3.63, 3.8) is 0 Å². The van der Waals surface area contributed by atoms with Gasteiger partial charge in [-0.15, -0.1) is 0 Å². The number of oxazole rings is 1. The Labute approximate surface area is 207 Å². The van der Waals surface area contributed by atoms with E-state index < -0.39 is 17.9 Å². The van der Waals surface area contributed by atoms with Crippen molar-refractivity contribution in [1.29, 1.82) is 5.26 Å². The average Bonchev–Trinajstić information content (AvgIpc) is 3.41. The van der Waals surface area contributed by atoms with Gasteiger partial charge < -0.3 is 24.4 Å². The minimum absolute atomic E-state index is 0.271. The van der Waals surface area contributed by atoms with Gasteiger partial charge >= 0.3 is 5.76 Å². The van der Waals surface area contributed by atoms with Gasteiger partial charge in [0.1, 0.15) is 18.8 Å². The van der Waals surface area contributed by atoms with Crippen molar-refractivity contribution in [2.45, 2.75) is 31.7 Å². The van der Waals surface area contributed by atoms with E-state index in [2.05, 4.69) is 16.7 Å². The van der Waals surface area contributed by atoms with Crippen LogP contribution in [-0.2, 0) is 22.6 Å². The van der Waals surface area contributed by atoms with Gasteiger partial charge in [0.25, 0.3) is 5.91 Å². The largest absolute Gasteiger partial charge is 0.421 e. The second-order valence-electron chi connectivity index (χ2n) is 8.83. The van der Waals surface area contributed by atoms with E-state index in [1.54, 1.807) is 10.6 Å². The Morgan fingerprint density at radius 1 is 1.17 bits per heavy atom. The molecule has 0 aliphatic carbocycles. The normalized spacial score (nSPS) is 16.8. The molecule has 2 N–H and O–H groups in total. The fourth-order valence-corrected chi connectivity index (χ4v) is 4.35. The maximum atomic E-state index is 12.5. The van der Waals surface area contributed by atoms with E-state index in [1.165, 1.54) is 0 Å². The molecule has 2 atom stereocenters. The molecule has 0 radical (unpaired) electrons. The molecule has 0 saturated carbocycles. The maximum absolute atomic E-state index is 12.5. The summed E-state index contributed by atoms with van der Waals surface area (Å²) in [6.45, 7) is 2.15. The summed E-state index contributed by atoms with van der Waals surface area (Å²) in [5, 5.41) is 15.6. The van der Waals surface area contributed by atoms with Crippen LogP contribution in [0.3, 0.4) is 0 Å². The van der Waals surface area contributed by atoms with Gasteiger partial charge in [-0.3, -0.25) is 9.36 Å². The van der Waals surface area contributed by atoms with Crippen LogP contribution < -0.4 is 16.4 Å². The molecule has 9 nitrogen and oxygen atoms in total. The summed E-state index contributed by atoms with van der Waals surface area (Å²) in [6, 6.07) is 18.8. The summed E-state index contributed by atoms with van der Waals surface area (Å²) in [7, 11) is 0. The minimum atomic E-state index is -0.652. The smallest absolute Gasteiger partial charge is 0.408 e. The second-order valence-corrected chi connectivity index (χ2v) is 8.83. The first-order chi connectivity index (χ1) is 17.6. The quantitative estimate of drug-likeness (QED) is 0.416. The zero-order valence-electron chi connectivity index (χ0n) is 19.7. The molecule has 1 aliphatic heterocycles. The third kappa shape index (κ3) is 5.25. The average molecular weight is 486 g/mol. The molecular weight excluding hydrogens is 458 g/mol. The van der Waals surface area contributed by atoms with Crippen molar-refractivity contribution in [2.24, 2.45) is 0 Å². The van der Waals surface area contributed by atoms with Crippen molar-refractivity contribution in [2.75, 3.05) is 19.7 Å². The molecule has 184 valence electrons. The zero-order valence-corrected chi connectivity index (χ0v) is 19.7. The van der Waals surface area contributed by atoms with Gasteiger partial charge in [0, 0.05) is 32.0 Å². The van der Waals surface area contributed by atoms with Gasteiger partial charge in [-0.05, 0) is 53.9 Å². The fraction of sp³-hybridized carbons (Fsp3) is 0.296. The predicted octanol–water partition coefficient (Wildman–Crippen LogP) is 2.50. The summed E-state index contributed by atoms with van der Waals surface area (Å²) in [5.74, 6) is -0.673. The van der Waals surface area contributed by atoms with Gasteiger partial charge in [0.05, 0.1) is 11.6 Å². The number of ether oxygens (including phenoxy) is 1. The number of amides is 1. The van der Waals surface area contributed by atoms with Crippen molar-refractivity contribution in [3.05, 3.63) is 83.1 Å². The van der Waals surface area contributed by atoms with Crippen LogP contribution in [-0.4, -0.2) is 46.9 Å². The topological polar surface area (TPSA) is 114 Å². The predicted molar refractivity (Wildman–Crippen MR) is 134 cm³/mol. The van der Waals surface area contributed by atoms with Crippen LogP contribution in [0.25, 0.3) is 22.2 Å². The lowest BCUT2D eigenvalue weighted by molar-refractivity contribution is -0.132. The van der Waals surface area contributed by atoms with Crippen LogP contribution >= 0.6 is 0 Å². The molecule has 1 amide bonds. The van der Waals surface area contributed by atoms with Crippen LogP contribution in [0, 0.1) is 11.3 Å². The molecule has 1 fully saturated rings. The van der Waals surface area contributed by atoms with Gasteiger partial charge in [0.2, 0.25) is 0 Å². The lowest BCUT2D eigenvalue weighted by atomic mass is 10.0. The molecule has 2 aromatic carbocycles. The number of aromatic nitrogens is 2. The number of carbonyl (C=O) groups excluding carboxylic acids is 1. The first kappa shape index (κ1) is 23.6. The van der Waals surface area contributed by atoms with E-state index in [-0.39, 0.29) is 5.91 Å². The lowest BCUT2D eigenvalue weighted by Crippen LogP contribution is -2.46. The number of nitrogens with zero attached hydrogens (tertiary/aromatic N) is 3. The number of nitrogens with one attached hydrogen (secondary N) is 2. The van der Waals surface area contributed by atoms with Crippen LogP contribution in [0.15, 0.2) is 76.2 Å². The SMILES string of the molecule is N#C[C@H](Cc1ccc(-c2ccc3oc(=O)n(Cn4cccc4)c3c2)cc1)NC(=O)[C@@H]1CNCCCO1. The Bertz CT molecular complexity index is 1420. The Hall–Kier alpha value is -4.13. The Kier molecular flexibility index (Phi) is 6.98. The van der Waals surface area contributed by atoms with E-state index in [9.17, 15) is 14.9 Å². The lowest BCUT2D eigenvalue weighted by Gasteiger charge is -2.18. The third-order valence-electron chi connectivity index (χ3n) is 6.28. The van der Waals surface area contributed by atoms with E-state index in [1.807, 2.05) is 65.5 Å². The molecule has 5 rings (SSSR count). The first-order valence-electron chi connectivity index (χ1n) is 12.0. The van der Waals surface area contributed by atoms with Crippen molar-refractivity contribution in [3.8, 4) is 17.2 Å². The standard InChI is InChI=1S/C27H27N5O4/c28-16-22(30-26(33)25-17-29-10-3-13-35-25)14-19-4-6-20(7-5-19)21-8-9-24-23(15-21)32(27(34)36-24)18-31-11-1-2-12-31/h1-2,4-9,11-12,15,22,25,29H,3,10,13-14,17-18H2,(H,30,33)/t22-,25-/m0/s1. The highest BCUT2D eigenvalue weighted by molar-refractivity contribution is 5.82. The maximum Gasteiger partial charge on any atom is 0.421 e. The molecule has 1 aliphatic rings.